The van der Waals surface area contributed by atoms with E-state index < -0.39 is 24.2 Å². The molecule has 63 heavy (non-hydrogen) atoms. The minimum absolute atomic E-state index is 0.00467. The molecule has 12 heteroatoms. The summed E-state index contributed by atoms with van der Waals surface area (Å²) in [4.78, 5) is 45.0. The molecule has 0 aromatic heterocycles. The zero-order valence-electron chi connectivity index (χ0n) is 34.3. The number of carboxylic acid groups (broad SMARTS) is 1. The third kappa shape index (κ3) is 8.73. The van der Waals surface area contributed by atoms with Gasteiger partial charge in [0.05, 0.1) is 33.4 Å². The Morgan fingerprint density at radius 1 is 0.825 bits per heavy atom. The first-order valence-corrected chi connectivity index (χ1v) is 21.5. The SMILES string of the molecule is CN1C(=O)[C@H](c2ccc(OCc3ccc(Cl)c(Cl)c3)cc2)Oc2cc3c(cc21)C[C@@H](C(=O)NC(Cc1cccc(-c2ccc(C#N)cc2)c1)C(=O)O)N(C1Cc2ccccc2C1)C3. The number of rotatable bonds is 11. The van der Waals surface area contributed by atoms with E-state index in [-0.39, 0.29) is 24.3 Å². The summed E-state index contributed by atoms with van der Waals surface area (Å²) in [7, 11) is 1.72. The average molecular weight is 878 g/mol. The van der Waals surface area contributed by atoms with Crippen molar-refractivity contribution >= 4 is 46.7 Å². The van der Waals surface area contributed by atoms with Crippen LogP contribution in [0.2, 0.25) is 10.0 Å². The maximum Gasteiger partial charge on any atom is 0.326 e. The monoisotopic (exact) mass is 876 g/mol. The molecule has 0 radical (unpaired) electrons. The molecule has 6 aromatic carbocycles. The van der Waals surface area contributed by atoms with Crippen LogP contribution in [0.25, 0.3) is 11.1 Å². The Morgan fingerprint density at radius 3 is 2.27 bits per heavy atom. The first kappa shape index (κ1) is 41.7. The van der Waals surface area contributed by atoms with E-state index >= 15 is 0 Å². The highest BCUT2D eigenvalue weighted by molar-refractivity contribution is 6.42. The average Bonchev–Trinajstić information content (AvgIpc) is 3.74. The number of hydrogen-bond donors (Lipinski definition) is 2. The van der Waals surface area contributed by atoms with Crippen molar-refractivity contribution < 1.29 is 29.0 Å². The summed E-state index contributed by atoms with van der Waals surface area (Å²) in [5.41, 5.74) is 9.57. The number of amides is 2. The molecule has 2 N–H and O–H groups in total. The van der Waals surface area contributed by atoms with Gasteiger partial charge in [0.25, 0.3) is 5.91 Å². The fourth-order valence-electron chi connectivity index (χ4n) is 8.91. The first-order chi connectivity index (χ1) is 30.5. The van der Waals surface area contributed by atoms with Crippen LogP contribution in [0, 0.1) is 11.3 Å². The number of carboxylic acids is 1. The number of nitrogens with one attached hydrogen (secondary N) is 1. The molecule has 1 unspecified atom stereocenters. The quantitative estimate of drug-likeness (QED) is 0.132. The molecule has 10 nitrogen and oxygen atoms in total. The summed E-state index contributed by atoms with van der Waals surface area (Å²) >= 11 is 12.2. The molecule has 3 aliphatic rings. The van der Waals surface area contributed by atoms with Crippen molar-refractivity contribution in [2.75, 3.05) is 11.9 Å². The van der Waals surface area contributed by atoms with Crippen molar-refractivity contribution in [1.29, 1.82) is 5.26 Å². The summed E-state index contributed by atoms with van der Waals surface area (Å²) < 4.78 is 12.5. The largest absolute Gasteiger partial charge is 0.489 e. The van der Waals surface area contributed by atoms with Crippen LogP contribution in [0.1, 0.15) is 50.6 Å². The Bertz CT molecular complexity index is 2760. The molecule has 2 heterocycles. The highest BCUT2D eigenvalue weighted by atomic mass is 35.5. The molecule has 0 saturated carbocycles. The number of anilines is 1. The van der Waals surface area contributed by atoms with E-state index in [1.807, 2.05) is 78.9 Å². The fourth-order valence-corrected chi connectivity index (χ4v) is 9.23. The van der Waals surface area contributed by atoms with Crippen molar-refractivity contribution in [3.63, 3.8) is 0 Å². The second-order valence-corrected chi connectivity index (χ2v) is 17.1. The molecule has 6 aromatic rings. The van der Waals surface area contributed by atoms with Gasteiger partial charge in [0.2, 0.25) is 12.0 Å². The van der Waals surface area contributed by atoms with Gasteiger partial charge in [0, 0.05) is 31.6 Å². The van der Waals surface area contributed by atoms with Gasteiger partial charge in [0.15, 0.2) is 0 Å². The van der Waals surface area contributed by atoms with E-state index in [9.17, 15) is 24.8 Å². The Hall–Kier alpha value is -6.64. The predicted octanol–water partition coefficient (Wildman–Crippen LogP) is 8.91. The lowest BCUT2D eigenvalue weighted by Gasteiger charge is -2.41. The number of fused-ring (bicyclic) bond motifs is 3. The van der Waals surface area contributed by atoms with E-state index in [0.717, 1.165) is 46.2 Å². The van der Waals surface area contributed by atoms with Crippen molar-refractivity contribution in [3.05, 3.63) is 182 Å². The topological polar surface area (TPSA) is 132 Å². The second kappa shape index (κ2) is 17.6. The summed E-state index contributed by atoms with van der Waals surface area (Å²) in [6, 6.07) is 39.9. The standard InChI is InChI=1S/C51H42Cl2N4O6/c1-56-45-24-38-25-46(49(58)55-44(51(60)61)21-31-5-4-8-35(19-31)33-12-9-30(27-54)10-13-33)57(40-22-36-6-2-3-7-37(36)23-40)28-39(38)26-47(45)63-48(50(56)59)34-14-16-41(17-15-34)62-29-32-11-18-42(52)43(53)20-32/h2-20,24,26,40,44,46,48H,21-23,25,28-29H2,1H3,(H,55,58)(H,60,61)/t44?,46-,48-/m0/s1. The first-order valence-electron chi connectivity index (χ1n) is 20.7. The van der Waals surface area contributed by atoms with Gasteiger partial charge in [-0.15, -0.1) is 0 Å². The Kier molecular flexibility index (Phi) is 11.7. The highest BCUT2D eigenvalue weighted by Gasteiger charge is 2.41. The number of benzene rings is 6. The van der Waals surface area contributed by atoms with Crippen LogP contribution in [-0.2, 0) is 53.2 Å². The molecule has 2 amide bonds. The lowest BCUT2D eigenvalue weighted by Crippen LogP contribution is -2.57. The molecule has 0 fully saturated rings. The Labute approximate surface area is 375 Å². The van der Waals surface area contributed by atoms with Crippen LogP contribution in [0.5, 0.6) is 11.5 Å². The van der Waals surface area contributed by atoms with E-state index in [0.29, 0.717) is 57.9 Å². The number of nitrogens with zero attached hydrogens (tertiary/aromatic N) is 3. The molecule has 316 valence electrons. The zero-order valence-corrected chi connectivity index (χ0v) is 35.8. The maximum absolute atomic E-state index is 14.5. The van der Waals surface area contributed by atoms with Crippen molar-refractivity contribution in [2.24, 2.45) is 0 Å². The van der Waals surface area contributed by atoms with Crippen LogP contribution in [0.3, 0.4) is 0 Å². The van der Waals surface area contributed by atoms with Gasteiger partial charge in [-0.25, -0.2) is 4.79 Å². The minimum atomic E-state index is -1.18. The number of likely N-dealkylation sites (N-methyl/N-ethyl adjacent to an activating group) is 1. The molecule has 0 spiro atoms. The number of ether oxygens (including phenoxy) is 2. The van der Waals surface area contributed by atoms with Crippen LogP contribution in [0.15, 0.2) is 127 Å². The summed E-state index contributed by atoms with van der Waals surface area (Å²) in [5.74, 6) is -0.556. The smallest absolute Gasteiger partial charge is 0.326 e. The molecule has 0 bridgehead atoms. The number of aliphatic carboxylic acids is 1. The third-order valence-corrected chi connectivity index (χ3v) is 13.0. The highest BCUT2D eigenvalue weighted by Crippen LogP contribution is 2.43. The summed E-state index contributed by atoms with van der Waals surface area (Å²) in [6.07, 6.45) is 1.03. The predicted molar refractivity (Wildman–Crippen MR) is 241 cm³/mol. The number of hydrogen-bond acceptors (Lipinski definition) is 7. The van der Waals surface area contributed by atoms with Crippen LogP contribution >= 0.6 is 23.2 Å². The minimum Gasteiger partial charge on any atom is -0.489 e. The van der Waals surface area contributed by atoms with Gasteiger partial charge in [-0.2, -0.15) is 5.26 Å². The number of nitriles is 1. The lowest BCUT2D eigenvalue weighted by molar-refractivity contribution is -0.143. The summed E-state index contributed by atoms with van der Waals surface area (Å²) in [5, 5.41) is 23.5. The molecule has 2 aliphatic heterocycles. The van der Waals surface area contributed by atoms with Gasteiger partial charge < -0.3 is 24.8 Å². The number of halogens is 2. The van der Waals surface area contributed by atoms with Crippen molar-refractivity contribution in [3.8, 4) is 28.7 Å². The fraction of sp³-hybridized carbons (Fsp3) is 0.216. The van der Waals surface area contributed by atoms with Crippen LogP contribution < -0.4 is 19.7 Å². The Balaban J connectivity index is 0.949. The number of carbonyl (C=O) groups excluding carboxylic acids is 2. The van der Waals surface area contributed by atoms with Gasteiger partial charge in [0.1, 0.15) is 24.1 Å². The Morgan fingerprint density at radius 2 is 1.57 bits per heavy atom. The molecule has 0 saturated heterocycles. The molecule has 3 atom stereocenters. The third-order valence-electron chi connectivity index (χ3n) is 12.3. The van der Waals surface area contributed by atoms with E-state index in [1.165, 1.54) is 11.1 Å². The lowest BCUT2D eigenvalue weighted by atomic mass is 9.89. The molecule has 9 rings (SSSR count). The van der Waals surface area contributed by atoms with Crippen molar-refractivity contribution in [1.82, 2.24) is 10.2 Å². The van der Waals surface area contributed by atoms with Crippen LogP contribution in [0.4, 0.5) is 5.69 Å². The van der Waals surface area contributed by atoms with E-state index in [2.05, 4.69) is 28.4 Å². The molecular weight excluding hydrogens is 835 g/mol. The van der Waals surface area contributed by atoms with Gasteiger partial charge in [-0.05, 0) is 112 Å². The normalized spacial score (nSPS) is 17.4. The van der Waals surface area contributed by atoms with Crippen LogP contribution in [-0.4, -0.2) is 53.0 Å². The van der Waals surface area contributed by atoms with Gasteiger partial charge >= 0.3 is 5.97 Å². The number of carbonyl (C=O) groups is 3. The van der Waals surface area contributed by atoms with Gasteiger partial charge in [-0.3, -0.25) is 14.5 Å². The zero-order chi connectivity index (χ0) is 43.8. The maximum atomic E-state index is 14.5. The summed E-state index contributed by atoms with van der Waals surface area (Å²) in [6.45, 7) is 0.722. The second-order valence-electron chi connectivity index (χ2n) is 16.3. The molecular formula is C51H42Cl2N4O6. The van der Waals surface area contributed by atoms with Crippen molar-refractivity contribution in [2.45, 2.75) is 63.1 Å². The van der Waals surface area contributed by atoms with E-state index in [4.69, 9.17) is 32.7 Å². The van der Waals surface area contributed by atoms with Gasteiger partial charge in [-0.1, -0.05) is 102 Å². The van der Waals surface area contributed by atoms with E-state index in [1.54, 1.807) is 48.3 Å². The molecule has 1 aliphatic carbocycles.